The van der Waals surface area contributed by atoms with Crippen molar-refractivity contribution < 1.29 is 4.79 Å². The summed E-state index contributed by atoms with van der Waals surface area (Å²) in [5.41, 5.74) is 0.524. The summed E-state index contributed by atoms with van der Waals surface area (Å²) in [4.78, 5) is 14.9. The normalized spacial score (nSPS) is 16.1. The number of hydrogen-bond acceptors (Lipinski definition) is 2. The van der Waals surface area contributed by atoms with Gasteiger partial charge < -0.3 is 10.2 Å². The van der Waals surface area contributed by atoms with Crippen LogP contribution in [0.3, 0.4) is 0 Å². The summed E-state index contributed by atoms with van der Waals surface area (Å²) in [5, 5.41) is 4.11. The van der Waals surface area contributed by atoms with E-state index in [2.05, 4.69) is 12.2 Å². The first kappa shape index (κ1) is 20.3. The van der Waals surface area contributed by atoms with E-state index in [4.69, 9.17) is 11.6 Å². The molecule has 1 N–H and O–H groups in total. The summed E-state index contributed by atoms with van der Waals surface area (Å²) in [5.74, 6) is 0.916. The summed E-state index contributed by atoms with van der Waals surface area (Å²) in [6, 6.07) is 7.62. The molecule has 0 unspecified atom stereocenters. The fourth-order valence-corrected chi connectivity index (χ4v) is 3.20. The zero-order valence-corrected chi connectivity index (χ0v) is 15.8. The molecule has 0 bridgehead atoms. The molecule has 0 aromatic heterocycles. The van der Waals surface area contributed by atoms with Gasteiger partial charge in [0, 0.05) is 18.1 Å². The number of nitrogens with zero attached hydrogens (tertiary/aromatic N) is 1. The lowest BCUT2D eigenvalue weighted by Gasteiger charge is -2.37. The van der Waals surface area contributed by atoms with E-state index in [-0.39, 0.29) is 18.3 Å². The molecule has 0 saturated carbocycles. The molecule has 0 spiro atoms. The molecule has 1 amide bonds. The van der Waals surface area contributed by atoms with Gasteiger partial charge in [0.05, 0.1) is 5.41 Å². The number of likely N-dealkylation sites (tertiary alicyclic amines) is 1. The van der Waals surface area contributed by atoms with Crippen molar-refractivity contribution in [3.63, 3.8) is 0 Å². The maximum Gasteiger partial charge on any atom is 0.232 e. The van der Waals surface area contributed by atoms with Gasteiger partial charge in [0.15, 0.2) is 0 Å². The number of carbonyl (C=O) groups is 1. The number of nitrogens with one attached hydrogen (secondary N) is 1. The maximum atomic E-state index is 12.9. The number of carbonyl (C=O) groups excluding carboxylic acids is 1. The molecule has 0 atom stereocenters. The fourth-order valence-electron chi connectivity index (χ4n) is 3.07. The lowest BCUT2D eigenvalue weighted by molar-refractivity contribution is -0.137. The highest BCUT2D eigenvalue weighted by Gasteiger charge is 2.35. The van der Waals surface area contributed by atoms with E-state index in [9.17, 15) is 4.79 Å². The summed E-state index contributed by atoms with van der Waals surface area (Å²) in [6.07, 6.45) is 2.19. The number of amides is 1. The highest BCUT2D eigenvalue weighted by atomic mass is 35.5. The minimum Gasteiger partial charge on any atom is -0.342 e. The van der Waals surface area contributed by atoms with Crippen LogP contribution in [0.4, 0.5) is 0 Å². The molecule has 1 heterocycles. The van der Waals surface area contributed by atoms with E-state index in [0.717, 1.165) is 44.6 Å². The van der Waals surface area contributed by atoms with Crippen LogP contribution >= 0.6 is 24.0 Å². The van der Waals surface area contributed by atoms with Crippen LogP contribution < -0.4 is 5.32 Å². The van der Waals surface area contributed by atoms with E-state index in [1.54, 1.807) is 0 Å². The van der Waals surface area contributed by atoms with Crippen LogP contribution in [0.1, 0.15) is 39.2 Å². The van der Waals surface area contributed by atoms with Crippen molar-refractivity contribution in [2.45, 2.75) is 39.0 Å². The van der Waals surface area contributed by atoms with Crippen molar-refractivity contribution in [3.05, 3.63) is 34.9 Å². The Morgan fingerprint density at radius 3 is 2.35 bits per heavy atom. The van der Waals surface area contributed by atoms with E-state index >= 15 is 0 Å². The largest absolute Gasteiger partial charge is 0.342 e. The Labute approximate surface area is 151 Å². The summed E-state index contributed by atoms with van der Waals surface area (Å²) in [7, 11) is 0. The van der Waals surface area contributed by atoms with Crippen LogP contribution in [0.15, 0.2) is 24.3 Å². The highest BCUT2D eigenvalue weighted by molar-refractivity contribution is 6.30. The second-order valence-corrected chi connectivity index (χ2v) is 7.11. The predicted molar refractivity (Wildman–Crippen MR) is 99.6 cm³/mol. The van der Waals surface area contributed by atoms with Gasteiger partial charge in [-0.25, -0.2) is 0 Å². The molecule has 1 saturated heterocycles. The molecule has 0 aliphatic carbocycles. The van der Waals surface area contributed by atoms with E-state index in [1.165, 1.54) is 0 Å². The molecule has 23 heavy (non-hydrogen) atoms. The summed E-state index contributed by atoms with van der Waals surface area (Å²) in [6.45, 7) is 9.96. The average Bonchev–Trinajstić information content (AvgIpc) is 2.53. The summed E-state index contributed by atoms with van der Waals surface area (Å²) >= 11 is 5.95. The summed E-state index contributed by atoms with van der Waals surface area (Å²) < 4.78 is 0. The second kappa shape index (κ2) is 8.91. The molecular weight excluding hydrogens is 331 g/mol. The zero-order chi connectivity index (χ0) is 16.2. The van der Waals surface area contributed by atoms with Gasteiger partial charge in [0.2, 0.25) is 5.91 Å². The number of hydrogen-bond donors (Lipinski definition) is 1. The molecule has 1 aliphatic heterocycles. The number of benzene rings is 1. The minimum absolute atomic E-state index is 0. The van der Waals surface area contributed by atoms with Crippen molar-refractivity contribution in [1.82, 2.24) is 10.2 Å². The maximum absolute atomic E-state index is 12.9. The van der Waals surface area contributed by atoms with Crippen molar-refractivity contribution in [1.29, 1.82) is 0 Å². The zero-order valence-electron chi connectivity index (χ0n) is 14.3. The topological polar surface area (TPSA) is 32.3 Å². The Morgan fingerprint density at radius 1 is 1.26 bits per heavy atom. The Hall–Kier alpha value is -0.770. The third-order valence-corrected chi connectivity index (χ3v) is 4.94. The Balaban J connectivity index is 0.00000264. The van der Waals surface area contributed by atoms with Gasteiger partial charge in [-0.05, 0) is 63.4 Å². The van der Waals surface area contributed by atoms with Crippen molar-refractivity contribution in [2.24, 2.45) is 5.92 Å². The first-order valence-electron chi connectivity index (χ1n) is 8.21. The smallest absolute Gasteiger partial charge is 0.232 e. The third kappa shape index (κ3) is 5.10. The first-order valence-corrected chi connectivity index (χ1v) is 8.59. The van der Waals surface area contributed by atoms with Gasteiger partial charge in [0.1, 0.15) is 0 Å². The van der Waals surface area contributed by atoms with E-state index in [0.29, 0.717) is 10.9 Å². The molecule has 1 aromatic rings. The molecule has 1 aliphatic rings. The van der Waals surface area contributed by atoms with Crippen LogP contribution in [0, 0.1) is 5.92 Å². The standard InChI is InChI=1S/C18H27ClN2O.ClH/c1-4-20-13-14-9-11-21(12-10-14)17(22)18(2,3)15-5-7-16(19)8-6-15;/h5-8,14,20H,4,9-13H2,1-3H3;1H. The van der Waals surface area contributed by atoms with Crippen LogP contribution in [0.25, 0.3) is 0 Å². The molecule has 1 fully saturated rings. The van der Waals surface area contributed by atoms with Gasteiger partial charge >= 0.3 is 0 Å². The van der Waals surface area contributed by atoms with Gasteiger partial charge in [0.25, 0.3) is 0 Å². The number of rotatable bonds is 5. The van der Waals surface area contributed by atoms with Gasteiger partial charge in [-0.1, -0.05) is 30.7 Å². The molecule has 3 nitrogen and oxygen atoms in total. The second-order valence-electron chi connectivity index (χ2n) is 6.68. The van der Waals surface area contributed by atoms with Gasteiger partial charge in [-0.15, -0.1) is 12.4 Å². The number of halogens is 2. The molecule has 0 radical (unpaired) electrons. The van der Waals surface area contributed by atoms with Gasteiger partial charge in [-0.2, -0.15) is 0 Å². The van der Waals surface area contributed by atoms with E-state index in [1.807, 2.05) is 43.0 Å². The monoisotopic (exact) mass is 358 g/mol. The fraction of sp³-hybridized carbons (Fsp3) is 0.611. The van der Waals surface area contributed by atoms with Crippen LogP contribution in [-0.2, 0) is 10.2 Å². The quantitative estimate of drug-likeness (QED) is 0.865. The Morgan fingerprint density at radius 2 is 1.83 bits per heavy atom. The van der Waals surface area contributed by atoms with Crippen LogP contribution in [-0.4, -0.2) is 37.0 Å². The number of piperidine rings is 1. The highest BCUT2D eigenvalue weighted by Crippen LogP contribution is 2.29. The molecular formula is C18H28Cl2N2O. The predicted octanol–water partition coefficient (Wildman–Crippen LogP) is 3.89. The van der Waals surface area contributed by atoms with Crippen molar-refractivity contribution in [2.75, 3.05) is 26.2 Å². The lowest BCUT2D eigenvalue weighted by atomic mass is 9.82. The van der Waals surface area contributed by atoms with Crippen molar-refractivity contribution in [3.8, 4) is 0 Å². The third-order valence-electron chi connectivity index (χ3n) is 4.69. The molecule has 2 rings (SSSR count). The molecule has 1 aromatic carbocycles. The molecule has 5 heteroatoms. The van der Waals surface area contributed by atoms with E-state index < -0.39 is 5.41 Å². The van der Waals surface area contributed by atoms with Crippen LogP contribution in [0.5, 0.6) is 0 Å². The van der Waals surface area contributed by atoms with Crippen LogP contribution in [0.2, 0.25) is 5.02 Å². The first-order chi connectivity index (χ1) is 10.4. The lowest BCUT2D eigenvalue weighted by Crippen LogP contribution is -2.47. The average molecular weight is 359 g/mol. The minimum atomic E-state index is -0.501. The Bertz CT molecular complexity index is 494. The van der Waals surface area contributed by atoms with Gasteiger partial charge in [-0.3, -0.25) is 4.79 Å². The SMILES string of the molecule is CCNCC1CCN(C(=O)C(C)(C)c2ccc(Cl)cc2)CC1.Cl. The molecule has 130 valence electrons. The Kier molecular flexibility index (Phi) is 7.85. The van der Waals surface area contributed by atoms with Crippen molar-refractivity contribution >= 4 is 29.9 Å².